The lowest BCUT2D eigenvalue weighted by atomic mass is 9.90. The molecule has 5 heteroatoms. The largest absolute Gasteiger partial charge is 0.340 e. The molecule has 0 N–H and O–H groups in total. The van der Waals surface area contributed by atoms with Crippen molar-refractivity contribution in [3.8, 4) is 0 Å². The molecule has 3 unspecified atom stereocenters. The number of carbonyl (C=O) groups is 3. The molecule has 0 aliphatic carbocycles. The molecule has 0 saturated carbocycles. The number of nitrogens with zero attached hydrogens (tertiary/aromatic N) is 2. The van der Waals surface area contributed by atoms with E-state index in [1.807, 2.05) is 18.7 Å². The highest BCUT2D eigenvalue weighted by atomic mass is 16.2. The van der Waals surface area contributed by atoms with Crippen LogP contribution in [0.1, 0.15) is 54.8 Å². The fourth-order valence-corrected chi connectivity index (χ4v) is 4.18. The van der Waals surface area contributed by atoms with Crippen LogP contribution >= 0.6 is 0 Å². The van der Waals surface area contributed by atoms with Crippen LogP contribution in [0.5, 0.6) is 0 Å². The average molecular weight is 342 g/mol. The number of imide groups is 1. The third kappa shape index (κ3) is 3.08. The van der Waals surface area contributed by atoms with Gasteiger partial charge in [-0.05, 0) is 36.3 Å². The van der Waals surface area contributed by atoms with Crippen molar-refractivity contribution in [2.75, 3.05) is 13.1 Å². The molecule has 25 heavy (non-hydrogen) atoms. The third-order valence-corrected chi connectivity index (χ3v) is 5.17. The summed E-state index contributed by atoms with van der Waals surface area (Å²) in [6, 6.07) is 6.05. The van der Waals surface area contributed by atoms with E-state index in [0.29, 0.717) is 36.1 Å². The van der Waals surface area contributed by atoms with E-state index in [1.54, 1.807) is 24.3 Å². The van der Waals surface area contributed by atoms with Crippen molar-refractivity contribution in [3.63, 3.8) is 0 Å². The smallest absolute Gasteiger partial charge is 0.262 e. The Kier molecular flexibility index (Phi) is 4.67. The molecule has 3 atom stereocenters. The Morgan fingerprint density at radius 1 is 1.00 bits per heavy atom. The Morgan fingerprint density at radius 2 is 1.48 bits per heavy atom. The maximum Gasteiger partial charge on any atom is 0.262 e. The lowest BCUT2D eigenvalue weighted by Gasteiger charge is -2.39. The van der Waals surface area contributed by atoms with Gasteiger partial charge in [-0.15, -0.1) is 0 Å². The lowest BCUT2D eigenvalue weighted by Crippen LogP contribution is -2.56. The van der Waals surface area contributed by atoms with E-state index in [1.165, 1.54) is 4.90 Å². The quantitative estimate of drug-likeness (QED) is 0.794. The molecule has 0 aromatic heterocycles. The van der Waals surface area contributed by atoms with Crippen molar-refractivity contribution in [3.05, 3.63) is 35.4 Å². The van der Waals surface area contributed by atoms with E-state index in [9.17, 15) is 14.4 Å². The van der Waals surface area contributed by atoms with Gasteiger partial charge < -0.3 is 4.90 Å². The van der Waals surface area contributed by atoms with Gasteiger partial charge >= 0.3 is 0 Å². The predicted octanol–water partition coefficient (Wildman–Crippen LogP) is 2.81. The second-order valence-electron chi connectivity index (χ2n) is 7.90. The molecule has 0 bridgehead atoms. The number of hydrogen-bond donors (Lipinski definition) is 0. The Morgan fingerprint density at radius 3 is 1.92 bits per heavy atom. The molecular weight excluding hydrogens is 316 g/mol. The summed E-state index contributed by atoms with van der Waals surface area (Å²) in [6.45, 7) is 9.45. The van der Waals surface area contributed by atoms with Crippen LogP contribution < -0.4 is 0 Å². The Labute approximate surface area is 149 Å². The monoisotopic (exact) mass is 342 g/mol. The summed E-state index contributed by atoms with van der Waals surface area (Å²) in [7, 11) is 0. The van der Waals surface area contributed by atoms with Crippen LogP contribution in [-0.2, 0) is 4.79 Å². The molecule has 2 heterocycles. The highest BCUT2D eigenvalue weighted by molar-refractivity contribution is 6.22. The van der Waals surface area contributed by atoms with Crippen LogP contribution in [-0.4, -0.2) is 46.7 Å². The standard InChI is InChI=1S/C20H26N2O3/c1-12(2)17(20(25)21-10-13(3)9-14(4)11-21)22-18(23)15-7-5-6-8-16(15)19(22)24/h5-8,12-14,17H,9-11H2,1-4H3. The van der Waals surface area contributed by atoms with Crippen LogP contribution in [0.25, 0.3) is 0 Å². The van der Waals surface area contributed by atoms with Crippen LogP contribution in [0.3, 0.4) is 0 Å². The molecule has 1 saturated heterocycles. The predicted molar refractivity (Wildman–Crippen MR) is 95.1 cm³/mol. The number of carbonyl (C=O) groups excluding carboxylic acids is 3. The summed E-state index contributed by atoms with van der Waals surface area (Å²) >= 11 is 0. The van der Waals surface area contributed by atoms with E-state index in [0.717, 1.165) is 6.42 Å². The second-order valence-corrected chi connectivity index (χ2v) is 7.90. The van der Waals surface area contributed by atoms with Crippen LogP contribution in [0.4, 0.5) is 0 Å². The van der Waals surface area contributed by atoms with Crippen molar-refractivity contribution in [1.82, 2.24) is 9.80 Å². The highest BCUT2D eigenvalue weighted by Crippen LogP contribution is 2.29. The summed E-state index contributed by atoms with van der Waals surface area (Å²) in [5.41, 5.74) is 0.790. The number of likely N-dealkylation sites (tertiary alicyclic amines) is 1. The number of amides is 3. The first-order chi connectivity index (χ1) is 11.8. The van der Waals surface area contributed by atoms with E-state index >= 15 is 0 Å². The normalized spacial score (nSPS) is 24.7. The minimum Gasteiger partial charge on any atom is -0.340 e. The summed E-state index contributed by atoms with van der Waals surface area (Å²) < 4.78 is 0. The Hall–Kier alpha value is -2.17. The molecule has 1 aromatic carbocycles. The molecule has 1 aromatic rings. The van der Waals surface area contributed by atoms with Crippen molar-refractivity contribution in [2.24, 2.45) is 17.8 Å². The Bertz CT molecular complexity index is 668. The van der Waals surface area contributed by atoms with E-state index in [-0.39, 0.29) is 23.6 Å². The summed E-state index contributed by atoms with van der Waals surface area (Å²) in [4.78, 5) is 41.9. The van der Waals surface area contributed by atoms with Crippen molar-refractivity contribution in [1.29, 1.82) is 0 Å². The van der Waals surface area contributed by atoms with Gasteiger partial charge in [-0.1, -0.05) is 39.8 Å². The SMILES string of the molecule is CC1CC(C)CN(C(=O)C(C(C)C)N2C(=O)c3ccccc3C2=O)C1. The molecule has 0 radical (unpaired) electrons. The zero-order chi connectivity index (χ0) is 18.3. The zero-order valence-corrected chi connectivity index (χ0v) is 15.4. The van der Waals surface area contributed by atoms with Gasteiger partial charge in [-0.2, -0.15) is 0 Å². The summed E-state index contributed by atoms with van der Waals surface area (Å²) in [6.07, 6.45) is 1.10. The van der Waals surface area contributed by atoms with Gasteiger partial charge in [0.05, 0.1) is 11.1 Å². The topological polar surface area (TPSA) is 57.7 Å². The molecule has 3 rings (SSSR count). The molecular formula is C20H26N2O3. The molecule has 0 spiro atoms. The molecule has 2 aliphatic rings. The molecule has 3 amide bonds. The van der Waals surface area contributed by atoms with Gasteiger partial charge in [0.15, 0.2) is 0 Å². The maximum atomic E-state index is 13.2. The second kappa shape index (κ2) is 6.62. The van der Waals surface area contributed by atoms with Crippen LogP contribution in [0.2, 0.25) is 0 Å². The van der Waals surface area contributed by atoms with Gasteiger partial charge in [-0.3, -0.25) is 19.3 Å². The molecule has 134 valence electrons. The van der Waals surface area contributed by atoms with Gasteiger partial charge in [0.1, 0.15) is 6.04 Å². The summed E-state index contributed by atoms with van der Waals surface area (Å²) in [5, 5.41) is 0. The zero-order valence-electron chi connectivity index (χ0n) is 15.4. The number of rotatable bonds is 3. The van der Waals surface area contributed by atoms with Crippen molar-refractivity contribution >= 4 is 17.7 Å². The first-order valence-corrected chi connectivity index (χ1v) is 9.07. The van der Waals surface area contributed by atoms with Gasteiger partial charge in [0.25, 0.3) is 11.8 Å². The van der Waals surface area contributed by atoms with E-state index in [2.05, 4.69) is 13.8 Å². The fraction of sp³-hybridized carbons (Fsp3) is 0.550. The first-order valence-electron chi connectivity index (χ1n) is 9.07. The number of benzene rings is 1. The average Bonchev–Trinajstić information content (AvgIpc) is 2.79. The Balaban J connectivity index is 1.91. The maximum absolute atomic E-state index is 13.2. The number of hydrogen-bond acceptors (Lipinski definition) is 3. The van der Waals surface area contributed by atoms with Crippen LogP contribution in [0.15, 0.2) is 24.3 Å². The molecule has 2 aliphatic heterocycles. The number of fused-ring (bicyclic) bond motifs is 1. The third-order valence-electron chi connectivity index (χ3n) is 5.17. The van der Waals surface area contributed by atoms with Gasteiger partial charge in [-0.25, -0.2) is 0 Å². The van der Waals surface area contributed by atoms with Crippen LogP contribution in [0, 0.1) is 17.8 Å². The molecule has 5 nitrogen and oxygen atoms in total. The minimum atomic E-state index is -0.745. The van der Waals surface area contributed by atoms with Gasteiger partial charge in [0, 0.05) is 13.1 Å². The minimum absolute atomic E-state index is 0.108. The van der Waals surface area contributed by atoms with Crippen molar-refractivity contribution in [2.45, 2.75) is 40.2 Å². The van der Waals surface area contributed by atoms with Crippen molar-refractivity contribution < 1.29 is 14.4 Å². The van der Waals surface area contributed by atoms with E-state index in [4.69, 9.17) is 0 Å². The summed E-state index contributed by atoms with van der Waals surface area (Å²) in [5.74, 6) is -0.0907. The first kappa shape index (κ1) is 17.6. The highest BCUT2D eigenvalue weighted by Gasteiger charge is 2.45. The number of piperidine rings is 1. The van der Waals surface area contributed by atoms with Gasteiger partial charge in [0.2, 0.25) is 5.91 Å². The van der Waals surface area contributed by atoms with E-state index < -0.39 is 6.04 Å². The lowest BCUT2D eigenvalue weighted by molar-refractivity contribution is -0.139. The fourth-order valence-electron chi connectivity index (χ4n) is 4.18. The molecule has 1 fully saturated rings.